The summed E-state index contributed by atoms with van der Waals surface area (Å²) in [5.74, 6) is 0.862. The molecule has 1 atom stereocenters. The summed E-state index contributed by atoms with van der Waals surface area (Å²) in [4.78, 5) is 39.2. The molecule has 0 radical (unpaired) electrons. The lowest BCUT2D eigenvalue weighted by molar-refractivity contribution is -0.138. The van der Waals surface area contributed by atoms with Crippen LogP contribution in [0.25, 0.3) is 0 Å². The zero-order valence-electron chi connectivity index (χ0n) is 22.3. The molecule has 3 aromatic rings. The zero-order chi connectivity index (χ0) is 29.1. The molecule has 0 N–H and O–H groups in total. The van der Waals surface area contributed by atoms with Gasteiger partial charge in [0.05, 0.1) is 37.5 Å². The third-order valence-electron chi connectivity index (χ3n) is 7.37. The van der Waals surface area contributed by atoms with Crippen LogP contribution >= 0.6 is 11.6 Å². The Bertz CT molecular complexity index is 1430. The molecule has 2 saturated heterocycles. The van der Waals surface area contributed by atoms with E-state index in [-0.39, 0.29) is 41.6 Å². The van der Waals surface area contributed by atoms with Crippen molar-refractivity contribution in [2.75, 3.05) is 51.3 Å². The molecule has 5 rings (SSSR count). The molecule has 1 aromatic carbocycles. The number of aromatic nitrogens is 4. The summed E-state index contributed by atoms with van der Waals surface area (Å²) >= 11 is 6.32. The number of hydrogen-bond acceptors (Lipinski definition) is 8. The van der Waals surface area contributed by atoms with E-state index in [0.29, 0.717) is 44.2 Å². The Kier molecular flexibility index (Phi) is 8.45. The van der Waals surface area contributed by atoms with Gasteiger partial charge < -0.3 is 14.5 Å². The molecule has 41 heavy (non-hydrogen) atoms. The first-order valence-electron chi connectivity index (χ1n) is 13.2. The van der Waals surface area contributed by atoms with Gasteiger partial charge in [-0.25, -0.2) is 14.6 Å². The van der Waals surface area contributed by atoms with Crippen molar-refractivity contribution in [3.63, 3.8) is 0 Å². The Hall–Kier alpha value is -3.71. The summed E-state index contributed by atoms with van der Waals surface area (Å²) < 4.78 is 44.9. The van der Waals surface area contributed by atoms with Gasteiger partial charge in [0, 0.05) is 38.6 Å². The van der Waals surface area contributed by atoms with E-state index in [1.807, 2.05) is 24.3 Å². The van der Waals surface area contributed by atoms with Crippen LogP contribution in [-0.2, 0) is 17.5 Å². The number of hydrogen-bond donors (Lipinski definition) is 0. The molecule has 0 aliphatic carbocycles. The van der Waals surface area contributed by atoms with E-state index in [1.165, 1.54) is 4.68 Å². The van der Waals surface area contributed by atoms with E-state index in [4.69, 9.17) is 16.3 Å². The maximum Gasteiger partial charge on any atom is 0.419 e. The van der Waals surface area contributed by atoms with Crippen molar-refractivity contribution in [2.24, 2.45) is 0 Å². The van der Waals surface area contributed by atoms with E-state index in [1.54, 1.807) is 23.0 Å². The molecule has 0 spiro atoms. The van der Waals surface area contributed by atoms with Gasteiger partial charge >= 0.3 is 6.18 Å². The average molecular weight is 592 g/mol. The van der Waals surface area contributed by atoms with Crippen LogP contribution < -0.4 is 15.2 Å². The van der Waals surface area contributed by atoms with Crippen LogP contribution in [-0.4, -0.2) is 81.8 Å². The Labute approximate surface area is 239 Å². The molecule has 218 valence electrons. The highest BCUT2D eigenvalue weighted by Gasteiger charge is 2.33. The van der Waals surface area contributed by atoms with Gasteiger partial charge in [-0.3, -0.25) is 14.5 Å². The number of alkyl halides is 3. The third kappa shape index (κ3) is 6.62. The van der Waals surface area contributed by atoms with E-state index in [0.717, 1.165) is 30.8 Å². The smallest absolute Gasteiger partial charge is 0.419 e. The summed E-state index contributed by atoms with van der Waals surface area (Å²) in [5.41, 5.74) is 0.217. The molecule has 0 bridgehead atoms. The summed E-state index contributed by atoms with van der Waals surface area (Å²) in [6.45, 7) is 2.75. The molecular formula is C27H29ClF3N7O3. The normalized spacial score (nSPS) is 18.1. The van der Waals surface area contributed by atoms with Crippen LogP contribution in [0.3, 0.4) is 0 Å². The first kappa shape index (κ1) is 28.8. The summed E-state index contributed by atoms with van der Waals surface area (Å²) in [6, 6.07) is 8.76. The standard InChI is InChI=1S/C27H29ClF3N7O3/c1-41-20-6-4-18(5-7-20)16-38-25(40)21(28)13-22(34-38)23-3-2-8-37(23)17-24(39)35-9-11-36(12-10-35)26-32-14-19(15-33-26)27(29,30)31/h4-7,13-15,23H,2-3,8-12,16-17H2,1H3. The maximum absolute atomic E-state index is 13.2. The van der Waals surface area contributed by atoms with Gasteiger partial charge in [-0.1, -0.05) is 23.7 Å². The SMILES string of the molecule is COc1ccc(Cn2nc(C3CCCN3CC(=O)N3CCN(c4ncc(C(F)(F)F)cn4)CC3)cc(Cl)c2=O)cc1. The highest BCUT2D eigenvalue weighted by atomic mass is 35.5. The van der Waals surface area contributed by atoms with Crippen molar-refractivity contribution in [3.8, 4) is 5.75 Å². The number of nitrogens with zero attached hydrogens (tertiary/aromatic N) is 7. The Morgan fingerprint density at radius 2 is 1.76 bits per heavy atom. The van der Waals surface area contributed by atoms with E-state index in [2.05, 4.69) is 20.0 Å². The molecule has 4 heterocycles. The molecule has 2 fully saturated rings. The molecule has 14 heteroatoms. The van der Waals surface area contributed by atoms with Crippen LogP contribution in [0.4, 0.5) is 19.1 Å². The topological polar surface area (TPSA) is 96.7 Å². The first-order chi connectivity index (χ1) is 19.6. The molecule has 1 unspecified atom stereocenters. The third-order valence-corrected chi connectivity index (χ3v) is 7.64. The monoisotopic (exact) mass is 591 g/mol. The Morgan fingerprint density at radius 3 is 2.39 bits per heavy atom. The zero-order valence-corrected chi connectivity index (χ0v) is 23.1. The van der Waals surface area contributed by atoms with Crippen LogP contribution in [0.2, 0.25) is 5.02 Å². The number of amides is 1. The minimum atomic E-state index is -4.49. The fourth-order valence-corrected chi connectivity index (χ4v) is 5.32. The number of rotatable bonds is 7. The van der Waals surface area contributed by atoms with Gasteiger partial charge in [-0.05, 0) is 43.1 Å². The molecule has 0 saturated carbocycles. The molecule has 2 aliphatic heterocycles. The minimum Gasteiger partial charge on any atom is -0.497 e. The van der Waals surface area contributed by atoms with Gasteiger partial charge in [0.2, 0.25) is 11.9 Å². The molecule has 2 aliphatic rings. The van der Waals surface area contributed by atoms with Gasteiger partial charge in [-0.15, -0.1) is 0 Å². The number of carbonyl (C=O) groups is 1. The van der Waals surface area contributed by atoms with Crippen molar-refractivity contribution in [1.82, 2.24) is 29.5 Å². The largest absolute Gasteiger partial charge is 0.497 e. The molecular weight excluding hydrogens is 563 g/mol. The quantitative estimate of drug-likeness (QED) is 0.413. The molecule has 2 aromatic heterocycles. The fourth-order valence-electron chi connectivity index (χ4n) is 5.11. The van der Waals surface area contributed by atoms with Crippen LogP contribution in [0.1, 0.15) is 35.7 Å². The second-order valence-corrected chi connectivity index (χ2v) is 10.4. The number of carbonyl (C=O) groups excluding carboxylic acids is 1. The number of halogens is 4. The van der Waals surface area contributed by atoms with Crippen LogP contribution in [0.15, 0.2) is 47.5 Å². The van der Waals surface area contributed by atoms with Crippen molar-refractivity contribution in [2.45, 2.75) is 31.6 Å². The Balaban J connectivity index is 1.21. The number of benzene rings is 1. The van der Waals surface area contributed by atoms with Crippen molar-refractivity contribution in [3.05, 3.63) is 74.9 Å². The predicted octanol–water partition coefficient (Wildman–Crippen LogP) is 3.25. The van der Waals surface area contributed by atoms with Gasteiger partial charge in [0.25, 0.3) is 5.56 Å². The van der Waals surface area contributed by atoms with Crippen molar-refractivity contribution in [1.29, 1.82) is 0 Å². The second-order valence-electron chi connectivity index (χ2n) is 9.99. The first-order valence-corrected chi connectivity index (χ1v) is 13.6. The summed E-state index contributed by atoms with van der Waals surface area (Å²) in [6.07, 6.45) is -1.31. The van der Waals surface area contributed by atoms with Gasteiger partial charge in [-0.2, -0.15) is 18.3 Å². The Morgan fingerprint density at radius 1 is 1.07 bits per heavy atom. The fraction of sp³-hybridized carbons (Fsp3) is 0.444. The summed E-state index contributed by atoms with van der Waals surface area (Å²) in [7, 11) is 1.58. The molecule has 1 amide bonds. The minimum absolute atomic E-state index is 0.0532. The van der Waals surface area contributed by atoms with Crippen LogP contribution in [0.5, 0.6) is 5.75 Å². The predicted molar refractivity (Wildman–Crippen MR) is 145 cm³/mol. The molecule has 10 nitrogen and oxygen atoms in total. The van der Waals surface area contributed by atoms with Crippen molar-refractivity contribution >= 4 is 23.5 Å². The summed E-state index contributed by atoms with van der Waals surface area (Å²) in [5, 5.41) is 4.69. The number of piperazine rings is 1. The number of ether oxygens (including phenoxy) is 1. The van der Waals surface area contributed by atoms with E-state index in [9.17, 15) is 22.8 Å². The highest BCUT2D eigenvalue weighted by molar-refractivity contribution is 6.30. The highest BCUT2D eigenvalue weighted by Crippen LogP contribution is 2.31. The number of methoxy groups -OCH3 is 1. The second kappa shape index (κ2) is 12.0. The van der Waals surface area contributed by atoms with E-state index < -0.39 is 11.7 Å². The van der Waals surface area contributed by atoms with Crippen LogP contribution in [0, 0.1) is 0 Å². The van der Waals surface area contributed by atoms with Gasteiger partial charge in [0.1, 0.15) is 10.8 Å². The maximum atomic E-state index is 13.2. The number of likely N-dealkylation sites (tertiary alicyclic amines) is 1. The lowest BCUT2D eigenvalue weighted by Crippen LogP contribution is -2.51. The van der Waals surface area contributed by atoms with Crippen molar-refractivity contribution < 1.29 is 22.7 Å². The van der Waals surface area contributed by atoms with E-state index >= 15 is 0 Å². The lowest BCUT2D eigenvalue weighted by Gasteiger charge is -2.36. The average Bonchev–Trinajstić information content (AvgIpc) is 3.43. The van der Waals surface area contributed by atoms with Gasteiger partial charge in [0.15, 0.2) is 0 Å². The number of anilines is 1. The lowest BCUT2D eigenvalue weighted by atomic mass is 10.1.